The molecule has 0 bridgehead atoms. The lowest BCUT2D eigenvalue weighted by molar-refractivity contribution is -0.110. The molecule has 1 nitrogen and oxygen atoms in total. The van der Waals surface area contributed by atoms with Crippen molar-refractivity contribution in [3.8, 4) is 0 Å². The second-order valence-electron chi connectivity index (χ2n) is 3.44. The summed E-state index contributed by atoms with van der Waals surface area (Å²) in [5.41, 5.74) is 0. The van der Waals surface area contributed by atoms with Gasteiger partial charge in [-0.1, -0.05) is 32.1 Å². The van der Waals surface area contributed by atoms with Crippen molar-refractivity contribution >= 4 is 17.7 Å². The van der Waals surface area contributed by atoms with Gasteiger partial charge in [-0.3, -0.25) is 4.79 Å². The van der Waals surface area contributed by atoms with E-state index in [1.165, 1.54) is 32.1 Å². The van der Waals surface area contributed by atoms with E-state index < -0.39 is 0 Å². The van der Waals surface area contributed by atoms with E-state index >= 15 is 0 Å². The normalized spacial score (nSPS) is 16.8. The molecule has 0 aliphatic heterocycles. The number of hydrogen-bond donors (Lipinski definition) is 1. The van der Waals surface area contributed by atoms with Crippen LogP contribution < -0.4 is 0 Å². The molecule has 0 heterocycles. The number of thiol groups is 1. The van der Waals surface area contributed by atoms with Crippen LogP contribution in [0.15, 0.2) is 0 Å². The highest BCUT2D eigenvalue weighted by Gasteiger charge is 2.19. The molecule has 1 rings (SSSR count). The summed E-state index contributed by atoms with van der Waals surface area (Å²) in [6.45, 7) is 0. The third-order valence-electron chi connectivity index (χ3n) is 2.20. The third-order valence-corrected chi connectivity index (χ3v) is 2.42. The van der Waals surface area contributed by atoms with E-state index in [-0.39, 0.29) is 5.12 Å². The van der Waals surface area contributed by atoms with Crippen molar-refractivity contribution in [2.24, 2.45) is 5.92 Å². The zero-order valence-electron chi connectivity index (χ0n) is 6.88. The highest BCUT2D eigenvalue weighted by molar-refractivity contribution is 7.96. The SMILES string of the molecule is O=C(S)CCCCCC1CC1. The fourth-order valence-corrected chi connectivity index (χ4v) is 1.45. The molecule has 1 saturated carbocycles. The first kappa shape index (κ1) is 9.11. The first-order valence-electron chi connectivity index (χ1n) is 4.51. The van der Waals surface area contributed by atoms with Crippen molar-refractivity contribution in [2.45, 2.75) is 44.9 Å². The molecule has 0 aromatic heterocycles. The molecule has 0 saturated heterocycles. The Morgan fingerprint density at radius 2 is 2.00 bits per heavy atom. The Kier molecular flexibility index (Phi) is 3.98. The molecule has 0 unspecified atom stereocenters. The number of hydrogen-bond acceptors (Lipinski definition) is 1. The lowest BCUT2D eigenvalue weighted by Gasteiger charge is -1.96. The van der Waals surface area contributed by atoms with Gasteiger partial charge in [-0.25, -0.2) is 0 Å². The fraction of sp³-hybridized carbons (Fsp3) is 0.889. The Morgan fingerprint density at radius 3 is 2.55 bits per heavy atom. The Morgan fingerprint density at radius 1 is 1.27 bits per heavy atom. The molecule has 0 aromatic rings. The summed E-state index contributed by atoms with van der Waals surface area (Å²) in [7, 11) is 0. The molecule has 1 aliphatic rings. The van der Waals surface area contributed by atoms with E-state index in [9.17, 15) is 4.79 Å². The van der Waals surface area contributed by atoms with Crippen LogP contribution in [-0.2, 0) is 4.79 Å². The second-order valence-corrected chi connectivity index (χ2v) is 3.94. The summed E-state index contributed by atoms with van der Waals surface area (Å²) in [4.78, 5) is 10.4. The largest absolute Gasteiger partial charge is 0.288 e. The Hall–Kier alpha value is 0.0200. The highest BCUT2D eigenvalue weighted by Crippen LogP contribution is 2.34. The molecular weight excluding hydrogens is 156 g/mol. The zero-order chi connectivity index (χ0) is 8.10. The standard InChI is InChI=1S/C9H16OS/c10-9(11)5-3-1-2-4-8-6-7-8/h8H,1-7H2,(H,10,11). The molecule has 1 aliphatic carbocycles. The van der Waals surface area contributed by atoms with Crippen molar-refractivity contribution in [2.75, 3.05) is 0 Å². The van der Waals surface area contributed by atoms with Gasteiger partial charge >= 0.3 is 0 Å². The third kappa shape index (κ3) is 5.31. The van der Waals surface area contributed by atoms with Gasteiger partial charge in [-0.15, -0.1) is 12.6 Å². The monoisotopic (exact) mass is 172 g/mol. The van der Waals surface area contributed by atoms with E-state index in [1.54, 1.807) is 0 Å². The van der Waals surface area contributed by atoms with Crippen LogP contribution in [0.5, 0.6) is 0 Å². The quantitative estimate of drug-likeness (QED) is 0.481. The minimum Gasteiger partial charge on any atom is -0.288 e. The van der Waals surface area contributed by atoms with Crippen LogP contribution >= 0.6 is 12.6 Å². The Labute approximate surface area is 74.0 Å². The van der Waals surface area contributed by atoms with E-state index in [4.69, 9.17) is 0 Å². The predicted octanol–water partition coefficient (Wildman–Crippen LogP) is 2.80. The van der Waals surface area contributed by atoms with Gasteiger partial charge in [0.05, 0.1) is 0 Å². The van der Waals surface area contributed by atoms with E-state index in [0.717, 1.165) is 12.3 Å². The summed E-state index contributed by atoms with van der Waals surface area (Å²) in [6.07, 6.45) is 8.51. The highest BCUT2D eigenvalue weighted by atomic mass is 32.1. The van der Waals surface area contributed by atoms with Crippen molar-refractivity contribution in [1.29, 1.82) is 0 Å². The van der Waals surface area contributed by atoms with Crippen molar-refractivity contribution in [3.63, 3.8) is 0 Å². The maximum absolute atomic E-state index is 10.4. The van der Waals surface area contributed by atoms with E-state index in [2.05, 4.69) is 12.6 Å². The number of unbranched alkanes of at least 4 members (excludes halogenated alkanes) is 2. The summed E-state index contributed by atoms with van der Waals surface area (Å²) in [6, 6.07) is 0. The first-order chi connectivity index (χ1) is 5.29. The zero-order valence-corrected chi connectivity index (χ0v) is 7.78. The molecule has 0 radical (unpaired) electrons. The van der Waals surface area contributed by atoms with Crippen LogP contribution in [0.3, 0.4) is 0 Å². The van der Waals surface area contributed by atoms with Crippen LogP contribution in [0.25, 0.3) is 0 Å². The van der Waals surface area contributed by atoms with Gasteiger partial charge in [0, 0.05) is 6.42 Å². The lowest BCUT2D eigenvalue weighted by Crippen LogP contribution is -1.86. The van der Waals surface area contributed by atoms with Crippen LogP contribution in [0.2, 0.25) is 0 Å². The topological polar surface area (TPSA) is 17.1 Å². The number of carbonyl (C=O) groups excluding carboxylic acids is 1. The molecule has 2 heteroatoms. The van der Waals surface area contributed by atoms with Gasteiger partial charge < -0.3 is 0 Å². The molecule has 0 spiro atoms. The minimum atomic E-state index is 0.0384. The molecule has 64 valence electrons. The van der Waals surface area contributed by atoms with Crippen molar-refractivity contribution in [1.82, 2.24) is 0 Å². The van der Waals surface area contributed by atoms with Gasteiger partial charge in [0.15, 0.2) is 5.12 Å². The van der Waals surface area contributed by atoms with E-state index in [1.807, 2.05) is 0 Å². The van der Waals surface area contributed by atoms with Gasteiger partial charge in [-0.2, -0.15) is 0 Å². The van der Waals surface area contributed by atoms with Crippen molar-refractivity contribution in [3.05, 3.63) is 0 Å². The minimum absolute atomic E-state index is 0.0384. The molecular formula is C9H16OS. The van der Waals surface area contributed by atoms with E-state index in [0.29, 0.717) is 6.42 Å². The van der Waals surface area contributed by atoms with Crippen LogP contribution in [0.4, 0.5) is 0 Å². The average molecular weight is 172 g/mol. The molecule has 0 N–H and O–H groups in total. The number of rotatable bonds is 6. The Bertz CT molecular complexity index is 130. The summed E-state index contributed by atoms with van der Waals surface area (Å²) >= 11 is 3.71. The summed E-state index contributed by atoms with van der Waals surface area (Å²) < 4.78 is 0. The molecule has 0 atom stereocenters. The smallest absolute Gasteiger partial charge is 0.185 e. The van der Waals surface area contributed by atoms with Crippen LogP contribution in [0.1, 0.15) is 44.9 Å². The average Bonchev–Trinajstić information content (AvgIpc) is 2.70. The fourth-order valence-electron chi connectivity index (χ4n) is 1.29. The Balaban J connectivity index is 1.76. The van der Waals surface area contributed by atoms with Gasteiger partial charge in [0.2, 0.25) is 0 Å². The molecule has 1 fully saturated rings. The summed E-state index contributed by atoms with van der Waals surface area (Å²) in [5, 5.41) is 0.0384. The molecule has 11 heavy (non-hydrogen) atoms. The summed E-state index contributed by atoms with van der Waals surface area (Å²) in [5.74, 6) is 1.04. The van der Waals surface area contributed by atoms with Gasteiger partial charge in [0.1, 0.15) is 0 Å². The van der Waals surface area contributed by atoms with Crippen LogP contribution in [-0.4, -0.2) is 5.12 Å². The van der Waals surface area contributed by atoms with Gasteiger partial charge in [-0.05, 0) is 12.3 Å². The first-order valence-corrected chi connectivity index (χ1v) is 4.95. The maximum Gasteiger partial charge on any atom is 0.185 e. The van der Waals surface area contributed by atoms with Gasteiger partial charge in [0.25, 0.3) is 0 Å². The van der Waals surface area contributed by atoms with Crippen molar-refractivity contribution < 1.29 is 4.79 Å². The number of carbonyl (C=O) groups is 1. The lowest BCUT2D eigenvalue weighted by atomic mass is 10.1. The molecule has 0 aromatic carbocycles. The predicted molar refractivity (Wildman–Crippen MR) is 49.8 cm³/mol. The maximum atomic E-state index is 10.4. The van der Waals surface area contributed by atoms with Crippen LogP contribution in [0, 0.1) is 5.92 Å². The molecule has 0 amide bonds. The second kappa shape index (κ2) is 4.81.